The zero-order valence-corrected chi connectivity index (χ0v) is 9.91. The molecule has 0 radical (unpaired) electrons. The van der Waals surface area contributed by atoms with Gasteiger partial charge in [-0.1, -0.05) is 6.07 Å². The standard InChI is InChI=1S/C11H15N3S/c1-13(8-15)6-9-3-4-11-10(5-9)12-7-14(11)2/h3-5,7,15H,6,8H2,1-2H3. The smallest absolute Gasteiger partial charge is 0.0955 e. The molecule has 0 aliphatic carbocycles. The summed E-state index contributed by atoms with van der Waals surface area (Å²) < 4.78 is 2.03. The Morgan fingerprint density at radius 1 is 1.47 bits per heavy atom. The lowest BCUT2D eigenvalue weighted by atomic mass is 10.2. The van der Waals surface area contributed by atoms with Crippen molar-refractivity contribution >= 4 is 23.7 Å². The summed E-state index contributed by atoms with van der Waals surface area (Å²) in [6.45, 7) is 0.913. The number of hydrogen-bond donors (Lipinski definition) is 1. The van der Waals surface area contributed by atoms with Gasteiger partial charge in [-0.15, -0.1) is 0 Å². The number of hydrogen-bond acceptors (Lipinski definition) is 3. The minimum absolute atomic E-state index is 0.764. The third-order valence-electron chi connectivity index (χ3n) is 2.48. The van der Waals surface area contributed by atoms with Gasteiger partial charge >= 0.3 is 0 Å². The number of aryl methyl sites for hydroxylation is 1. The fraction of sp³-hybridized carbons (Fsp3) is 0.364. The number of rotatable bonds is 3. The van der Waals surface area contributed by atoms with Gasteiger partial charge in [-0.05, 0) is 24.7 Å². The molecule has 0 saturated heterocycles. The van der Waals surface area contributed by atoms with E-state index in [0.29, 0.717) is 0 Å². The number of thiol groups is 1. The maximum Gasteiger partial charge on any atom is 0.0955 e. The first-order valence-electron chi connectivity index (χ1n) is 4.90. The fourth-order valence-corrected chi connectivity index (χ4v) is 1.74. The van der Waals surface area contributed by atoms with Gasteiger partial charge in [0, 0.05) is 19.5 Å². The van der Waals surface area contributed by atoms with Crippen molar-refractivity contribution in [1.29, 1.82) is 0 Å². The van der Waals surface area contributed by atoms with Gasteiger partial charge in [-0.25, -0.2) is 4.98 Å². The van der Waals surface area contributed by atoms with Crippen molar-refractivity contribution in [3.8, 4) is 0 Å². The van der Waals surface area contributed by atoms with E-state index in [1.165, 1.54) is 11.1 Å². The van der Waals surface area contributed by atoms with Gasteiger partial charge in [0.05, 0.1) is 17.4 Å². The Bertz CT molecular complexity index is 464. The molecule has 0 spiro atoms. The SMILES string of the molecule is CN(CS)Cc1ccc2c(c1)ncn2C. The molecule has 0 saturated carbocycles. The molecule has 15 heavy (non-hydrogen) atoms. The molecule has 4 heteroatoms. The summed E-state index contributed by atoms with van der Waals surface area (Å²) in [6, 6.07) is 6.39. The molecule has 0 fully saturated rings. The maximum atomic E-state index is 4.34. The van der Waals surface area contributed by atoms with Gasteiger partial charge in [-0.3, -0.25) is 4.90 Å². The Morgan fingerprint density at radius 3 is 3.00 bits per heavy atom. The van der Waals surface area contributed by atoms with Crippen molar-refractivity contribution in [3.63, 3.8) is 0 Å². The average molecular weight is 221 g/mol. The normalized spacial score (nSPS) is 11.5. The average Bonchev–Trinajstić information content (AvgIpc) is 2.60. The van der Waals surface area contributed by atoms with Crippen LogP contribution < -0.4 is 0 Å². The highest BCUT2D eigenvalue weighted by Gasteiger charge is 2.02. The first-order chi connectivity index (χ1) is 7.20. The number of nitrogens with zero attached hydrogens (tertiary/aromatic N) is 3. The first kappa shape index (κ1) is 10.5. The van der Waals surface area contributed by atoms with Crippen LogP contribution in [0.1, 0.15) is 5.56 Å². The molecule has 0 aliphatic rings. The fourth-order valence-electron chi connectivity index (χ4n) is 1.64. The third kappa shape index (κ3) is 2.16. The molecule has 1 aromatic carbocycles. The molecule has 0 aliphatic heterocycles. The molecule has 1 heterocycles. The second kappa shape index (κ2) is 4.24. The molecule has 2 rings (SSSR count). The van der Waals surface area contributed by atoms with Crippen LogP contribution in [0.25, 0.3) is 11.0 Å². The molecule has 3 nitrogen and oxygen atoms in total. The van der Waals surface area contributed by atoms with E-state index in [9.17, 15) is 0 Å². The number of aromatic nitrogens is 2. The lowest BCUT2D eigenvalue weighted by molar-refractivity contribution is 0.388. The quantitative estimate of drug-likeness (QED) is 0.631. The predicted molar refractivity (Wildman–Crippen MR) is 66.0 cm³/mol. The lowest BCUT2D eigenvalue weighted by Crippen LogP contribution is -2.15. The van der Waals surface area contributed by atoms with E-state index in [4.69, 9.17) is 0 Å². The Labute approximate surface area is 95.1 Å². The Balaban J connectivity index is 2.31. The monoisotopic (exact) mass is 221 g/mol. The molecule has 0 atom stereocenters. The van der Waals surface area contributed by atoms with Crippen molar-refractivity contribution in [3.05, 3.63) is 30.1 Å². The maximum absolute atomic E-state index is 4.34. The van der Waals surface area contributed by atoms with Gasteiger partial charge in [0.1, 0.15) is 0 Å². The van der Waals surface area contributed by atoms with Crippen molar-refractivity contribution in [2.24, 2.45) is 7.05 Å². The predicted octanol–water partition coefficient (Wildman–Crippen LogP) is 1.89. The summed E-state index contributed by atoms with van der Waals surface area (Å²) in [5.41, 5.74) is 3.51. The highest BCUT2D eigenvalue weighted by molar-refractivity contribution is 7.80. The second-order valence-electron chi connectivity index (χ2n) is 3.83. The van der Waals surface area contributed by atoms with Crippen LogP contribution >= 0.6 is 12.6 Å². The van der Waals surface area contributed by atoms with E-state index >= 15 is 0 Å². The summed E-state index contributed by atoms with van der Waals surface area (Å²) in [4.78, 5) is 6.48. The highest BCUT2D eigenvalue weighted by Crippen LogP contribution is 2.14. The number of fused-ring (bicyclic) bond motifs is 1. The minimum Gasteiger partial charge on any atom is -0.334 e. The van der Waals surface area contributed by atoms with Crippen LogP contribution in [0.3, 0.4) is 0 Å². The lowest BCUT2D eigenvalue weighted by Gasteiger charge is -2.12. The molecule has 1 aromatic heterocycles. The second-order valence-corrected chi connectivity index (χ2v) is 4.12. The first-order valence-corrected chi connectivity index (χ1v) is 5.53. The van der Waals surface area contributed by atoms with Crippen molar-refractivity contribution in [2.45, 2.75) is 6.54 Å². The van der Waals surface area contributed by atoms with Crippen LogP contribution in [0.5, 0.6) is 0 Å². The molecule has 0 bridgehead atoms. The summed E-state index contributed by atoms with van der Waals surface area (Å²) in [7, 11) is 4.06. The van der Waals surface area contributed by atoms with Gasteiger partial charge in [0.15, 0.2) is 0 Å². The van der Waals surface area contributed by atoms with Crippen LogP contribution in [0, 0.1) is 0 Å². The third-order valence-corrected chi connectivity index (χ3v) is 2.97. The molecule has 2 aromatic rings. The van der Waals surface area contributed by atoms with Gasteiger partial charge in [0.25, 0.3) is 0 Å². The Hall–Kier alpha value is -1.00. The molecule has 80 valence electrons. The number of benzene rings is 1. The van der Waals surface area contributed by atoms with E-state index < -0.39 is 0 Å². The molecular weight excluding hydrogens is 206 g/mol. The topological polar surface area (TPSA) is 21.1 Å². The van der Waals surface area contributed by atoms with Crippen LogP contribution in [0.4, 0.5) is 0 Å². The zero-order valence-electron chi connectivity index (χ0n) is 9.01. The van der Waals surface area contributed by atoms with Crippen LogP contribution in [-0.2, 0) is 13.6 Å². The molecular formula is C11H15N3S. The number of imidazole rings is 1. The van der Waals surface area contributed by atoms with Gasteiger partial charge in [0.2, 0.25) is 0 Å². The Kier molecular flexibility index (Phi) is 2.98. The van der Waals surface area contributed by atoms with E-state index in [2.05, 4.69) is 47.8 Å². The van der Waals surface area contributed by atoms with E-state index in [1.54, 1.807) is 0 Å². The molecule has 0 unspecified atom stereocenters. The summed E-state index contributed by atoms with van der Waals surface area (Å²) in [5.74, 6) is 0.764. The zero-order chi connectivity index (χ0) is 10.8. The van der Waals surface area contributed by atoms with Crippen molar-refractivity contribution in [1.82, 2.24) is 14.5 Å². The molecule has 0 N–H and O–H groups in total. The molecule has 0 amide bonds. The van der Waals surface area contributed by atoms with Gasteiger partial charge < -0.3 is 4.57 Å². The minimum atomic E-state index is 0.764. The highest BCUT2D eigenvalue weighted by atomic mass is 32.1. The van der Waals surface area contributed by atoms with E-state index in [-0.39, 0.29) is 0 Å². The summed E-state index contributed by atoms with van der Waals surface area (Å²) >= 11 is 4.23. The largest absolute Gasteiger partial charge is 0.334 e. The van der Waals surface area contributed by atoms with Crippen LogP contribution in [-0.4, -0.2) is 27.4 Å². The van der Waals surface area contributed by atoms with Crippen LogP contribution in [0.2, 0.25) is 0 Å². The summed E-state index contributed by atoms with van der Waals surface area (Å²) in [5, 5.41) is 0. The Morgan fingerprint density at radius 2 is 2.27 bits per heavy atom. The van der Waals surface area contributed by atoms with Crippen molar-refractivity contribution in [2.75, 3.05) is 12.9 Å². The van der Waals surface area contributed by atoms with E-state index in [0.717, 1.165) is 17.9 Å². The van der Waals surface area contributed by atoms with E-state index in [1.807, 2.05) is 17.9 Å². The van der Waals surface area contributed by atoms with Crippen molar-refractivity contribution < 1.29 is 0 Å². The van der Waals surface area contributed by atoms with Gasteiger partial charge in [-0.2, -0.15) is 12.6 Å². The summed E-state index contributed by atoms with van der Waals surface area (Å²) in [6.07, 6.45) is 1.84. The van der Waals surface area contributed by atoms with Crippen LogP contribution in [0.15, 0.2) is 24.5 Å².